The number of ether oxygens (including phenoxy) is 2. The van der Waals surface area contributed by atoms with Crippen LogP contribution in [0.25, 0.3) is 0 Å². The normalized spacial score (nSPS) is 55.4. The van der Waals surface area contributed by atoms with E-state index in [1.54, 1.807) is 0 Å². The van der Waals surface area contributed by atoms with Crippen LogP contribution in [0.1, 0.15) is 90.9 Å². The first kappa shape index (κ1) is 18.9. The van der Waals surface area contributed by atoms with Crippen molar-refractivity contribution in [3.05, 3.63) is 0 Å². The van der Waals surface area contributed by atoms with Crippen molar-refractivity contribution in [3.63, 3.8) is 0 Å². The summed E-state index contributed by atoms with van der Waals surface area (Å²) in [4.78, 5) is 0. The summed E-state index contributed by atoms with van der Waals surface area (Å²) in [7, 11) is 0. The first-order valence-electron chi connectivity index (χ1n) is 12.0. The summed E-state index contributed by atoms with van der Waals surface area (Å²) in [5, 5.41) is 10.6. The molecule has 154 valence electrons. The van der Waals surface area contributed by atoms with E-state index in [1.807, 2.05) is 0 Å². The molecule has 1 aliphatic heterocycles. The third-order valence-corrected chi connectivity index (χ3v) is 10.0. The van der Waals surface area contributed by atoms with Crippen LogP contribution in [-0.2, 0) is 9.47 Å². The third-order valence-electron chi connectivity index (χ3n) is 10.0. The first-order chi connectivity index (χ1) is 13.0. The van der Waals surface area contributed by atoms with E-state index in [0.717, 1.165) is 43.1 Å². The summed E-state index contributed by atoms with van der Waals surface area (Å²) in [5.41, 5.74) is 0.716. The van der Waals surface area contributed by atoms with Gasteiger partial charge in [-0.25, -0.2) is 0 Å². The quantitative estimate of drug-likeness (QED) is 0.665. The van der Waals surface area contributed by atoms with Gasteiger partial charge >= 0.3 is 0 Å². The molecule has 0 amide bonds. The van der Waals surface area contributed by atoms with Gasteiger partial charge in [-0.2, -0.15) is 0 Å². The molecule has 1 saturated heterocycles. The number of hydrogen-bond donors (Lipinski definition) is 1. The molecule has 4 saturated carbocycles. The van der Waals surface area contributed by atoms with Gasteiger partial charge in [-0.05, 0) is 112 Å². The highest BCUT2D eigenvalue weighted by atomic mass is 16.7. The maximum Gasteiger partial charge on any atom is 0.157 e. The van der Waals surface area contributed by atoms with E-state index in [1.165, 1.54) is 64.2 Å². The second kappa shape index (κ2) is 6.99. The largest absolute Gasteiger partial charge is 0.393 e. The maximum atomic E-state index is 10.6. The summed E-state index contributed by atoms with van der Waals surface area (Å²) < 4.78 is 12.3. The average molecular weight is 377 g/mol. The molecule has 3 heteroatoms. The third kappa shape index (κ3) is 3.02. The van der Waals surface area contributed by atoms with Crippen molar-refractivity contribution >= 4 is 0 Å². The van der Waals surface area contributed by atoms with Gasteiger partial charge in [0.1, 0.15) is 0 Å². The fourth-order valence-electron chi connectivity index (χ4n) is 8.35. The Bertz CT molecular complexity index is 544. The Morgan fingerprint density at radius 3 is 2.48 bits per heavy atom. The number of aliphatic hydroxyl groups excluding tert-OH is 1. The summed E-state index contributed by atoms with van der Waals surface area (Å²) in [6.07, 6.45) is 15.5. The van der Waals surface area contributed by atoms with Crippen LogP contribution in [0.4, 0.5) is 0 Å². The molecule has 1 N–H and O–H groups in total. The van der Waals surface area contributed by atoms with Crippen molar-refractivity contribution in [2.24, 2.45) is 34.5 Å². The highest BCUT2D eigenvalue weighted by molar-refractivity contribution is 5.09. The van der Waals surface area contributed by atoms with E-state index in [0.29, 0.717) is 11.5 Å². The predicted molar refractivity (Wildman–Crippen MR) is 106 cm³/mol. The molecule has 5 aliphatic rings. The van der Waals surface area contributed by atoms with Crippen molar-refractivity contribution in [1.29, 1.82) is 0 Å². The molecule has 1 heterocycles. The Kier molecular flexibility index (Phi) is 4.89. The van der Waals surface area contributed by atoms with Crippen LogP contribution in [0.2, 0.25) is 0 Å². The molecular weight excluding hydrogens is 336 g/mol. The SMILES string of the molecule is CC12CCC3C(CCC4CC(OC5CCCCO5)CCC43C)C1CCC2O. The van der Waals surface area contributed by atoms with Gasteiger partial charge in [-0.15, -0.1) is 0 Å². The van der Waals surface area contributed by atoms with Gasteiger partial charge in [0, 0.05) is 6.61 Å². The number of aliphatic hydroxyl groups is 1. The van der Waals surface area contributed by atoms with Crippen LogP contribution < -0.4 is 0 Å². The van der Waals surface area contributed by atoms with Gasteiger partial charge in [-0.1, -0.05) is 13.8 Å². The molecule has 0 aromatic heterocycles. The average Bonchev–Trinajstić information content (AvgIpc) is 2.98. The summed E-state index contributed by atoms with van der Waals surface area (Å²) in [6.45, 7) is 5.90. The highest BCUT2D eigenvalue weighted by Gasteiger charge is 2.60. The van der Waals surface area contributed by atoms with Gasteiger partial charge in [0.2, 0.25) is 0 Å². The zero-order chi connectivity index (χ0) is 18.6. The van der Waals surface area contributed by atoms with Gasteiger partial charge in [0.15, 0.2) is 6.29 Å². The summed E-state index contributed by atoms with van der Waals surface area (Å²) >= 11 is 0. The number of fused-ring (bicyclic) bond motifs is 5. The predicted octanol–water partition coefficient (Wildman–Crippen LogP) is 5.30. The zero-order valence-electron chi connectivity index (χ0n) is 17.5. The first-order valence-corrected chi connectivity index (χ1v) is 12.0. The summed E-state index contributed by atoms with van der Waals surface area (Å²) in [6, 6.07) is 0. The molecule has 0 radical (unpaired) electrons. The minimum atomic E-state index is -0.0476. The molecule has 0 aromatic carbocycles. The fraction of sp³-hybridized carbons (Fsp3) is 1.00. The number of rotatable bonds is 2. The molecule has 27 heavy (non-hydrogen) atoms. The maximum absolute atomic E-state index is 10.6. The van der Waals surface area contributed by atoms with E-state index < -0.39 is 0 Å². The van der Waals surface area contributed by atoms with Crippen LogP contribution in [0.5, 0.6) is 0 Å². The Hall–Kier alpha value is -0.120. The second-order valence-electron chi connectivity index (χ2n) is 11.1. The van der Waals surface area contributed by atoms with E-state index in [2.05, 4.69) is 13.8 Å². The lowest BCUT2D eigenvalue weighted by Gasteiger charge is -2.61. The Labute approximate surface area is 165 Å². The smallest absolute Gasteiger partial charge is 0.157 e. The molecule has 5 fully saturated rings. The fourth-order valence-corrected chi connectivity index (χ4v) is 8.35. The van der Waals surface area contributed by atoms with Crippen molar-refractivity contribution in [2.75, 3.05) is 6.61 Å². The van der Waals surface area contributed by atoms with Crippen LogP contribution in [0.3, 0.4) is 0 Å². The molecule has 0 bridgehead atoms. The lowest BCUT2D eigenvalue weighted by molar-refractivity contribution is -0.212. The molecule has 5 rings (SSSR count). The molecule has 9 atom stereocenters. The van der Waals surface area contributed by atoms with E-state index >= 15 is 0 Å². The highest BCUT2D eigenvalue weighted by Crippen LogP contribution is 2.66. The van der Waals surface area contributed by atoms with E-state index in [9.17, 15) is 5.11 Å². The molecule has 0 aromatic rings. The lowest BCUT2D eigenvalue weighted by atomic mass is 9.45. The van der Waals surface area contributed by atoms with Crippen LogP contribution >= 0.6 is 0 Å². The van der Waals surface area contributed by atoms with E-state index in [4.69, 9.17) is 9.47 Å². The minimum absolute atomic E-state index is 0.0476. The van der Waals surface area contributed by atoms with Crippen molar-refractivity contribution in [2.45, 2.75) is 109 Å². The van der Waals surface area contributed by atoms with Crippen LogP contribution in [0.15, 0.2) is 0 Å². The Morgan fingerprint density at radius 1 is 0.852 bits per heavy atom. The minimum Gasteiger partial charge on any atom is -0.393 e. The van der Waals surface area contributed by atoms with Gasteiger partial charge < -0.3 is 14.6 Å². The topological polar surface area (TPSA) is 38.7 Å². The van der Waals surface area contributed by atoms with Gasteiger partial charge in [0.25, 0.3) is 0 Å². The molecule has 0 spiro atoms. The van der Waals surface area contributed by atoms with E-state index in [-0.39, 0.29) is 17.8 Å². The van der Waals surface area contributed by atoms with Crippen LogP contribution in [0, 0.1) is 34.5 Å². The van der Waals surface area contributed by atoms with Crippen molar-refractivity contribution in [1.82, 2.24) is 0 Å². The summed E-state index contributed by atoms with van der Waals surface area (Å²) in [5.74, 6) is 3.35. The van der Waals surface area contributed by atoms with Crippen LogP contribution in [-0.4, -0.2) is 30.2 Å². The Morgan fingerprint density at radius 2 is 1.67 bits per heavy atom. The standard InChI is InChI=1S/C24H40O3/c1-23-12-10-17(27-22-5-3-4-14-26-22)15-16(23)6-7-18-19-8-9-21(25)24(19,2)13-11-20(18)23/h16-22,25H,3-15H2,1-2H3. The second-order valence-corrected chi connectivity index (χ2v) is 11.1. The molecular formula is C24H40O3. The zero-order valence-corrected chi connectivity index (χ0v) is 17.5. The molecule has 9 unspecified atom stereocenters. The van der Waals surface area contributed by atoms with Gasteiger partial charge in [0.05, 0.1) is 12.2 Å². The number of hydrogen-bond acceptors (Lipinski definition) is 3. The Balaban J connectivity index is 1.27. The molecule has 4 aliphatic carbocycles. The van der Waals surface area contributed by atoms with Crippen molar-refractivity contribution < 1.29 is 14.6 Å². The molecule has 3 nitrogen and oxygen atoms in total. The van der Waals surface area contributed by atoms with Gasteiger partial charge in [-0.3, -0.25) is 0 Å². The monoisotopic (exact) mass is 376 g/mol. The van der Waals surface area contributed by atoms with Crippen molar-refractivity contribution in [3.8, 4) is 0 Å². The lowest BCUT2D eigenvalue weighted by Crippen LogP contribution is -2.54.